The van der Waals surface area contributed by atoms with Gasteiger partial charge in [0.1, 0.15) is 5.41 Å². The molecule has 0 aromatic carbocycles. The second kappa shape index (κ2) is 4.53. The number of rotatable bonds is 3. The number of allylic oxidation sites excluding steroid dienone is 2. The van der Waals surface area contributed by atoms with Crippen LogP contribution in [0.5, 0.6) is 0 Å². The summed E-state index contributed by atoms with van der Waals surface area (Å²) >= 11 is 4.74. The predicted molar refractivity (Wildman–Crippen MR) is 61.0 cm³/mol. The van der Waals surface area contributed by atoms with Gasteiger partial charge in [-0.2, -0.15) is 0 Å². The van der Waals surface area contributed by atoms with Gasteiger partial charge in [0.2, 0.25) is 11.8 Å². The quantitative estimate of drug-likeness (QED) is 0.427. The summed E-state index contributed by atoms with van der Waals surface area (Å²) in [6.45, 7) is 3.67. The van der Waals surface area contributed by atoms with E-state index in [2.05, 4.69) is 10.6 Å². The van der Waals surface area contributed by atoms with Gasteiger partial charge in [0.15, 0.2) is 5.11 Å². The first-order valence-corrected chi connectivity index (χ1v) is 5.25. The zero-order valence-corrected chi connectivity index (χ0v) is 9.61. The highest BCUT2D eigenvalue weighted by atomic mass is 32.1. The summed E-state index contributed by atoms with van der Waals surface area (Å²) in [6, 6.07) is 0. The van der Waals surface area contributed by atoms with Crippen molar-refractivity contribution in [1.82, 2.24) is 10.6 Å². The average molecular weight is 226 g/mol. The zero-order chi connectivity index (χ0) is 11.5. The molecule has 0 spiro atoms. The molecule has 1 aliphatic heterocycles. The van der Waals surface area contributed by atoms with Gasteiger partial charge in [-0.1, -0.05) is 19.1 Å². The maximum Gasteiger partial charge on any atom is 0.242 e. The van der Waals surface area contributed by atoms with E-state index in [0.717, 1.165) is 0 Å². The molecule has 15 heavy (non-hydrogen) atoms. The fourth-order valence-corrected chi connectivity index (χ4v) is 1.74. The molecule has 82 valence electrons. The monoisotopic (exact) mass is 226 g/mol. The van der Waals surface area contributed by atoms with Crippen molar-refractivity contribution in [2.75, 3.05) is 0 Å². The molecule has 4 nitrogen and oxygen atoms in total. The van der Waals surface area contributed by atoms with Crippen LogP contribution < -0.4 is 10.6 Å². The number of hydrogen-bond donors (Lipinski definition) is 2. The van der Waals surface area contributed by atoms with Gasteiger partial charge in [-0.05, 0) is 32.0 Å². The van der Waals surface area contributed by atoms with E-state index in [9.17, 15) is 9.59 Å². The smallest absolute Gasteiger partial charge is 0.242 e. The standard InChI is InChI=1S/C10H14N2O2S/c1-3-5-6-10(4-2)7(13)11-9(15)12-8(10)14/h3,5H,4,6H2,1-2H3,(H2,11,12,13,14,15)/b5-3-. The van der Waals surface area contributed by atoms with E-state index in [4.69, 9.17) is 12.2 Å². The second-order valence-electron chi connectivity index (χ2n) is 3.45. The van der Waals surface area contributed by atoms with Crippen molar-refractivity contribution in [3.05, 3.63) is 12.2 Å². The molecule has 0 atom stereocenters. The van der Waals surface area contributed by atoms with Crippen molar-refractivity contribution >= 4 is 29.1 Å². The average Bonchev–Trinajstić information content (AvgIpc) is 2.17. The van der Waals surface area contributed by atoms with E-state index in [1.165, 1.54) is 0 Å². The maximum absolute atomic E-state index is 11.8. The lowest BCUT2D eigenvalue weighted by molar-refractivity contribution is -0.143. The Morgan fingerprint density at radius 3 is 2.27 bits per heavy atom. The first-order valence-electron chi connectivity index (χ1n) is 4.85. The summed E-state index contributed by atoms with van der Waals surface area (Å²) in [5.41, 5.74) is -1.01. The third-order valence-electron chi connectivity index (χ3n) is 2.63. The van der Waals surface area contributed by atoms with Gasteiger partial charge < -0.3 is 10.6 Å². The first-order chi connectivity index (χ1) is 7.06. The van der Waals surface area contributed by atoms with Crippen LogP contribution in [-0.4, -0.2) is 16.9 Å². The van der Waals surface area contributed by atoms with Gasteiger partial charge in [0.25, 0.3) is 0 Å². The Kier molecular flexibility index (Phi) is 3.57. The highest BCUT2D eigenvalue weighted by molar-refractivity contribution is 7.80. The third-order valence-corrected chi connectivity index (χ3v) is 2.83. The minimum atomic E-state index is -1.01. The van der Waals surface area contributed by atoms with E-state index in [1.54, 1.807) is 0 Å². The summed E-state index contributed by atoms with van der Waals surface area (Å²) in [4.78, 5) is 23.6. The maximum atomic E-state index is 11.8. The van der Waals surface area contributed by atoms with Crippen molar-refractivity contribution in [2.45, 2.75) is 26.7 Å². The molecular weight excluding hydrogens is 212 g/mol. The Hall–Kier alpha value is -1.23. The fourth-order valence-electron chi connectivity index (χ4n) is 1.55. The molecule has 0 aliphatic carbocycles. The zero-order valence-electron chi connectivity index (χ0n) is 8.79. The van der Waals surface area contributed by atoms with E-state index in [1.807, 2.05) is 26.0 Å². The van der Waals surface area contributed by atoms with Crippen LogP contribution in [0.2, 0.25) is 0 Å². The third kappa shape index (κ3) is 2.07. The van der Waals surface area contributed by atoms with E-state index in [0.29, 0.717) is 12.8 Å². The van der Waals surface area contributed by atoms with Gasteiger partial charge in [-0.3, -0.25) is 9.59 Å². The molecule has 5 heteroatoms. The largest absolute Gasteiger partial charge is 0.302 e. The van der Waals surface area contributed by atoms with E-state index >= 15 is 0 Å². The SMILES string of the molecule is C/C=C\CC1(CC)C(=O)NC(=S)NC1=O. The molecule has 2 amide bonds. The topological polar surface area (TPSA) is 58.2 Å². The molecule has 1 heterocycles. The van der Waals surface area contributed by atoms with Crippen molar-refractivity contribution < 1.29 is 9.59 Å². The molecule has 1 saturated heterocycles. The Balaban J connectivity index is 2.99. The Bertz CT molecular complexity index is 316. The molecule has 0 radical (unpaired) electrons. The van der Waals surface area contributed by atoms with Crippen LogP contribution in [0.3, 0.4) is 0 Å². The molecule has 0 unspecified atom stereocenters. The minimum Gasteiger partial charge on any atom is -0.302 e. The lowest BCUT2D eigenvalue weighted by atomic mass is 9.78. The Morgan fingerprint density at radius 1 is 1.33 bits per heavy atom. The lowest BCUT2D eigenvalue weighted by Gasteiger charge is -2.33. The molecule has 0 bridgehead atoms. The van der Waals surface area contributed by atoms with Crippen LogP contribution in [0, 0.1) is 5.41 Å². The summed E-state index contributed by atoms with van der Waals surface area (Å²) in [6.07, 6.45) is 4.50. The van der Waals surface area contributed by atoms with Crippen LogP contribution in [0.15, 0.2) is 12.2 Å². The fraction of sp³-hybridized carbons (Fsp3) is 0.500. The molecule has 0 aromatic heterocycles. The van der Waals surface area contributed by atoms with Gasteiger partial charge >= 0.3 is 0 Å². The summed E-state index contributed by atoms with van der Waals surface area (Å²) in [5.74, 6) is -0.617. The van der Waals surface area contributed by atoms with Crippen LogP contribution in [0.4, 0.5) is 0 Å². The highest BCUT2D eigenvalue weighted by Gasteiger charge is 2.46. The van der Waals surface area contributed by atoms with E-state index < -0.39 is 5.41 Å². The molecular formula is C10H14N2O2S. The van der Waals surface area contributed by atoms with Gasteiger partial charge in [0, 0.05) is 0 Å². The molecule has 0 aromatic rings. The number of nitrogens with one attached hydrogen (secondary N) is 2. The molecule has 1 aliphatic rings. The van der Waals surface area contributed by atoms with Crippen molar-refractivity contribution in [3.8, 4) is 0 Å². The summed E-state index contributed by atoms with van der Waals surface area (Å²) in [7, 11) is 0. The van der Waals surface area contributed by atoms with Crippen molar-refractivity contribution in [2.24, 2.45) is 5.41 Å². The molecule has 1 rings (SSSR count). The number of amides is 2. The van der Waals surface area contributed by atoms with Crippen LogP contribution in [0.25, 0.3) is 0 Å². The Morgan fingerprint density at radius 2 is 1.87 bits per heavy atom. The first kappa shape index (κ1) is 11.8. The number of thiocarbonyl (C=S) groups is 1. The normalized spacial score (nSPS) is 20.3. The second-order valence-corrected chi connectivity index (χ2v) is 3.85. The highest BCUT2D eigenvalue weighted by Crippen LogP contribution is 2.29. The van der Waals surface area contributed by atoms with Crippen molar-refractivity contribution in [3.63, 3.8) is 0 Å². The predicted octanol–water partition coefficient (Wildman–Crippen LogP) is 0.880. The van der Waals surface area contributed by atoms with Gasteiger partial charge in [0.05, 0.1) is 0 Å². The van der Waals surface area contributed by atoms with Gasteiger partial charge in [-0.25, -0.2) is 0 Å². The minimum absolute atomic E-state index is 0.0922. The molecule has 1 fully saturated rings. The van der Waals surface area contributed by atoms with Crippen LogP contribution in [-0.2, 0) is 9.59 Å². The van der Waals surface area contributed by atoms with Crippen molar-refractivity contribution in [1.29, 1.82) is 0 Å². The van der Waals surface area contributed by atoms with Crippen LogP contribution >= 0.6 is 12.2 Å². The number of carbonyl (C=O) groups excluding carboxylic acids is 2. The lowest BCUT2D eigenvalue weighted by Crippen LogP contribution is -2.61. The molecule has 2 N–H and O–H groups in total. The van der Waals surface area contributed by atoms with Crippen LogP contribution in [0.1, 0.15) is 26.7 Å². The summed E-state index contributed by atoms with van der Waals surface area (Å²) < 4.78 is 0. The Labute approximate surface area is 94.1 Å². The van der Waals surface area contributed by atoms with E-state index in [-0.39, 0.29) is 16.9 Å². The number of carbonyl (C=O) groups is 2. The number of hydrogen-bond acceptors (Lipinski definition) is 3. The van der Waals surface area contributed by atoms with Gasteiger partial charge in [-0.15, -0.1) is 0 Å². The molecule has 0 saturated carbocycles. The summed E-state index contributed by atoms with van der Waals surface area (Å²) in [5, 5.41) is 5.07.